The van der Waals surface area contributed by atoms with Gasteiger partial charge in [0, 0.05) is 0 Å². The zero-order valence-electron chi connectivity index (χ0n) is 19.2. The summed E-state index contributed by atoms with van der Waals surface area (Å²) in [6.45, 7) is 6.37. The zero-order valence-corrected chi connectivity index (χ0v) is 19.2. The molecule has 5 heteroatoms. The Balaban J connectivity index is 0. The van der Waals surface area contributed by atoms with Gasteiger partial charge in [0.2, 0.25) is 0 Å². The molecule has 0 bridgehead atoms. The first kappa shape index (κ1) is 29.7. The second-order valence-electron chi connectivity index (χ2n) is 8.22. The van der Waals surface area contributed by atoms with Crippen LogP contribution in [0.2, 0.25) is 0 Å². The van der Waals surface area contributed by atoms with Crippen molar-refractivity contribution in [1.29, 1.82) is 0 Å². The van der Waals surface area contributed by atoms with Crippen molar-refractivity contribution in [3.8, 4) is 0 Å². The maximum Gasteiger partial charge on any atom is 1.00 e. The van der Waals surface area contributed by atoms with E-state index >= 15 is 0 Å². The normalized spacial score (nSPS) is 12.8. The van der Waals surface area contributed by atoms with E-state index in [9.17, 15) is 14.7 Å². The molecule has 1 unspecified atom stereocenters. The number of unbranched alkanes of at least 4 members (excludes halogenated alkanes) is 12. The molecule has 0 aliphatic carbocycles. The van der Waals surface area contributed by atoms with Crippen molar-refractivity contribution in [2.75, 3.05) is 0 Å². The molecule has 0 heterocycles. The summed E-state index contributed by atoms with van der Waals surface area (Å²) in [7, 11) is 0. The number of hydrogen-bond donors (Lipinski definition) is 0. The molecule has 0 aromatic rings. The second-order valence-corrected chi connectivity index (χ2v) is 8.22. The van der Waals surface area contributed by atoms with E-state index in [2.05, 4.69) is 13.8 Å². The molecular weight excluding hydrogens is 347 g/mol. The Morgan fingerprint density at radius 1 is 0.714 bits per heavy atom. The molecule has 4 nitrogen and oxygen atoms in total. The van der Waals surface area contributed by atoms with Gasteiger partial charge >= 0.3 is 24.8 Å². The molecule has 1 atom stereocenters. The van der Waals surface area contributed by atoms with Crippen LogP contribution in [0.1, 0.15) is 130 Å². The van der Waals surface area contributed by atoms with Crippen LogP contribution in [0, 0.1) is 0 Å². The molecule has 0 fully saturated rings. The largest absolute Gasteiger partial charge is 1.00 e. The predicted octanol–water partition coefficient (Wildman–Crippen LogP) is 2.71. The third-order valence-corrected chi connectivity index (χ3v) is 5.27. The Bertz CT molecular complexity index is 387. The molecule has 0 aromatic carbocycles. The number of hydrogen-bond acceptors (Lipinski definition) is 4. The van der Waals surface area contributed by atoms with Gasteiger partial charge in [-0.2, -0.15) is 0 Å². The van der Waals surface area contributed by atoms with Gasteiger partial charge in [-0.05, 0) is 32.6 Å². The van der Waals surface area contributed by atoms with Crippen LogP contribution in [-0.4, -0.2) is 17.5 Å². The zero-order chi connectivity index (χ0) is 20.4. The first-order valence-electron chi connectivity index (χ1n) is 11.3. The topological polar surface area (TPSA) is 66.4 Å². The van der Waals surface area contributed by atoms with Gasteiger partial charge in [0.15, 0.2) is 0 Å². The fourth-order valence-electron chi connectivity index (χ4n) is 3.57. The van der Waals surface area contributed by atoms with Crippen molar-refractivity contribution < 1.29 is 38.3 Å². The van der Waals surface area contributed by atoms with Gasteiger partial charge in [0.1, 0.15) is 5.60 Å². The van der Waals surface area contributed by atoms with Gasteiger partial charge in [-0.3, -0.25) is 4.79 Å². The van der Waals surface area contributed by atoms with E-state index in [-0.39, 0.29) is 18.9 Å². The molecule has 160 valence electrons. The maximum absolute atomic E-state index is 11.8. The number of carbonyl (C=O) groups excluding carboxylic acids is 2. The molecule has 28 heavy (non-hydrogen) atoms. The van der Waals surface area contributed by atoms with E-state index in [4.69, 9.17) is 4.74 Å². The van der Waals surface area contributed by atoms with Gasteiger partial charge in [0.05, 0.1) is 12.4 Å². The number of rotatable bonds is 19. The standard InChI is InChI=1S/C23H44O4.Li/c1-4-6-8-10-11-12-13-14-15-17-19-23(3,18-16-9-7-5-2)27-22(26)20-21(24)25;/h4-20H2,1-3H3,(H,24,25);/q;+1/p-1. The van der Waals surface area contributed by atoms with E-state index in [0.29, 0.717) is 0 Å². The van der Waals surface area contributed by atoms with Crippen LogP contribution in [0.5, 0.6) is 0 Å². The monoisotopic (exact) mass is 390 g/mol. The number of carboxylic acids is 1. The first-order valence-corrected chi connectivity index (χ1v) is 11.3. The quantitative estimate of drug-likeness (QED) is 0.147. The van der Waals surface area contributed by atoms with Crippen molar-refractivity contribution in [3.05, 3.63) is 0 Å². The van der Waals surface area contributed by atoms with Crippen LogP contribution in [-0.2, 0) is 14.3 Å². The van der Waals surface area contributed by atoms with Gasteiger partial charge in [-0.25, -0.2) is 0 Å². The molecule has 0 radical (unpaired) electrons. The molecule has 0 spiro atoms. The molecule has 0 aliphatic heterocycles. The summed E-state index contributed by atoms with van der Waals surface area (Å²) in [5.74, 6) is -2.03. The number of aliphatic carboxylic acids is 1. The molecular formula is C23H43LiO4. The maximum atomic E-state index is 11.8. The molecule has 0 N–H and O–H groups in total. The molecule has 0 rings (SSSR count). The van der Waals surface area contributed by atoms with Crippen molar-refractivity contribution in [1.82, 2.24) is 0 Å². The third-order valence-electron chi connectivity index (χ3n) is 5.27. The van der Waals surface area contributed by atoms with Crippen LogP contribution in [0.25, 0.3) is 0 Å². The number of carbonyl (C=O) groups is 2. The Morgan fingerprint density at radius 3 is 1.46 bits per heavy atom. The van der Waals surface area contributed by atoms with Crippen LogP contribution in [0.4, 0.5) is 0 Å². The average molecular weight is 391 g/mol. The minimum Gasteiger partial charge on any atom is -0.550 e. The molecule has 0 saturated carbocycles. The van der Waals surface area contributed by atoms with E-state index in [1.807, 2.05) is 6.92 Å². The summed E-state index contributed by atoms with van der Waals surface area (Å²) in [5, 5.41) is 10.6. The summed E-state index contributed by atoms with van der Waals surface area (Å²) >= 11 is 0. The molecule has 0 aliphatic rings. The van der Waals surface area contributed by atoms with Crippen molar-refractivity contribution in [3.63, 3.8) is 0 Å². The molecule has 0 aromatic heterocycles. The van der Waals surface area contributed by atoms with E-state index in [1.54, 1.807) is 0 Å². The van der Waals surface area contributed by atoms with Crippen LogP contribution >= 0.6 is 0 Å². The van der Waals surface area contributed by atoms with Crippen LogP contribution in [0.3, 0.4) is 0 Å². The Hall–Kier alpha value is -0.463. The molecule has 0 amide bonds. The Kier molecular flexibility index (Phi) is 21.1. The average Bonchev–Trinajstić information content (AvgIpc) is 2.59. The summed E-state index contributed by atoms with van der Waals surface area (Å²) in [6, 6.07) is 0. The summed E-state index contributed by atoms with van der Waals surface area (Å²) in [6.07, 6.45) is 18.2. The van der Waals surface area contributed by atoms with Crippen LogP contribution < -0.4 is 24.0 Å². The fraction of sp³-hybridized carbons (Fsp3) is 0.913. The summed E-state index contributed by atoms with van der Waals surface area (Å²) in [5.41, 5.74) is -0.541. The second kappa shape index (κ2) is 19.8. The summed E-state index contributed by atoms with van der Waals surface area (Å²) in [4.78, 5) is 22.4. The van der Waals surface area contributed by atoms with Crippen molar-refractivity contribution in [2.24, 2.45) is 0 Å². The number of carboxylic acid groups (broad SMARTS) is 1. The minimum atomic E-state index is -1.37. The SMILES string of the molecule is CCCCCCCCCCCCC(C)(CCCCCC)OC(=O)CC(=O)[O-].[Li+]. The Labute approximate surface area is 185 Å². The van der Waals surface area contributed by atoms with Crippen molar-refractivity contribution in [2.45, 2.75) is 136 Å². The third kappa shape index (κ3) is 18.9. The van der Waals surface area contributed by atoms with Crippen molar-refractivity contribution >= 4 is 11.9 Å². The molecule has 0 saturated heterocycles. The van der Waals surface area contributed by atoms with Crippen LogP contribution in [0.15, 0.2) is 0 Å². The Morgan fingerprint density at radius 2 is 1.07 bits per heavy atom. The number of esters is 1. The van der Waals surface area contributed by atoms with Gasteiger partial charge in [-0.15, -0.1) is 0 Å². The first-order chi connectivity index (χ1) is 12.9. The van der Waals surface area contributed by atoms with E-state index < -0.39 is 24.0 Å². The smallest absolute Gasteiger partial charge is 0.550 e. The van der Waals surface area contributed by atoms with Gasteiger partial charge < -0.3 is 14.6 Å². The number of ether oxygens (including phenoxy) is 1. The fourth-order valence-corrected chi connectivity index (χ4v) is 3.57. The van der Waals surface area contributed by atoms with E-state index in [1.165, 1.54) is 64.2 Å². The van der Waals surface area contributed by atoms with Gasteiger partial charge in [-0.1, -0.05) is 90.9 Å². The van der Waals surface area contributed by atoms with Gasteiger partial charge in [0.25, 0.3) is 0 Å². The predicted molar refractivity (Wildman–Crippen MR) is 109 cm³/mol. The summed E-state index contributed by atoms with van der Waals surface area (Å²) < 4.78 is 5.55. The van der Waals surface area contributed by atoms with E-state index in [0.717, 1.165) is 38.5 Å². The minimum absolute atomic E-state index is 0.